The van der Waals surface area contributed by atoms with E-state index in [0.29, 0.717) is 25.0 Å². The quantitative estimate of drug-likeness (QED) is 0.830. The highest BCUT2D eigenvalue weighted by molar-refractivity contribution is 7.89. The van der Waals surface area contributed by atoms with E-state index in [1.54, 1.807) is 0 Å². The van der Waals surface area contributed by atoms with E-state index >= 15 is 0 Å². The highest BCUT2D eigenvalue weighted by Gasteiger charge is 2.32. The molecule has 5 nitrogen and oxygen atoms in total. The van der Waals surface area contributed by atoms with Crippen LogP contribution in [0.15, 0.2) is 12.1 Å². The standard InChI is InChI=1S/C12H13ClF2N2O3S/c13-9-5-10(14)8(4-11(9)15)12(18)17-3-1-2-7(6-17)21(16,19)20/h4-5,7H,1-3,6H2,(H2,16,19,20). The molecule has 1 unspecified atom stereocenters. The number of nitrogens with zero attached hydrogens (tertiary/aromatic N) is 1. The third kappa shape index (κ3) is 3.50. The van der Waals surface area contributed by atoms with Gasteiger partial charge in [0.15, 0.2) is 0 Å². The molecule has 1 aromatic rings. The zero-order valence-electron chi connectivity index (χ0n) is 10.9. The summed E-state index contributed by atoms with van der Waals surface area (Å²) in [6.07, 6.45) is 0.755. The van der Waals surface area contributed by atoms with Crippen molar-refractivity contribution in [2.75, 3.05) is 13.1 Å². The molecule has 0 aromatic heterocycles. The zero-order chi connectivity index (χ0) is 15.8. The van der Waals surface area contributed by atoms with Gasteiger partial charge in [0.05, 0.1) is 15.8 Å². The van der Waals surface area contributed by atoms with Crippen LogP contribution in [0.25, 0.3) is 0 Å². The number of carbonyl (C=O) groups is 1. The lowest BCUT2D eigenvalue weighted by molar-refractivity contribution is 0.0721. The molecule has 0 bridgehead atoms. The van der Waals surface area contributed by atoms with Crippen molar-refractivity contribution in [2.45, 2.75) is 18.1 Å². The smallest absolute Gasteiger partial charge is 0.256 e. The van der Waals surface area contributed by atoms with E-state index in [1.807, 2.05) is 0 Å². The molecule has 1 aliphatic heterocycles. The topological polar surface area (TPSA) is 80.5 Å². The predicted octanol–water partition coefficient (Wildman–Crippen LogP) is 1.51. The second-order valence-electron chi connectivity index (χ2n) is 4.85. The largest absolute Gasteiger partial charge is 0.337 e. The first-order valence-electron chi connectivity index (χ1n) is 6.15. The second kappa shape index (κ2) is 5.86. The molecular weight excluding hydrogens is 326 g/mol. The van der Waals surface area contributed by atoms with Gasteiger partial charge in [-0.05, 0) is 25.0 Å². The molecule has 2 rings (SSSR count). The van der Waals surface area contributed by atoms with E-state index in [0.717, 1.165) is 4.90 Å². The van der Waals surface area contributed by atoms with Gasteiger partial charge in [-0.1, -0.05) is 11.6 Å². The van der Waals surface area contributed by atoms with Gasteiger partial charge in [-0.15, -0.1) is 0 Å². The molecule has 1 aromatic carbocycles. The minimum Gasteiger partial charge on any atom is -0.337 e. The molecule has 116 valence electrons. The van der Waals surface area contributed by atoms with Crippen LogP contribution in [0.1, 0.15) is 23.2 Å². The average molecular weight is 339 g/mol. The molecule has 0 saturated carbocycles. The van der Waals surface area contributed by atoms with Gasteiger partial charge in [0.25, 0.3) is 5.91 Å². The number of primary sulfonamides is 1. The lowest BCUT2D eigenvalue weighted by atomic mass is 10.1. The minimum absolute atomic E-state index is 0.138. The number of amides is 1. The van der Waals surface area contributed by atoms with Crippen LogP contribution < -0.4 is 5.14 Å². The Balaban J connectivity index is 2.26. The Morgan fingerprint density at radius 3 is 2.62 bits per heavy atom. The molecule has 2 N–H and O–H groups in total. The van der Waals surface area contributed by atoms with Crippen molar-refractivity contribution in [1.82, 2.24) is 4.90 Å². The Morgan fingerprint density at radius 1 is 1.33 bits per heavy atom. The van der Waals surface area contributed by atoms with E-state index in [1.165, 1.54) is 0 Å². The predicted molar refractivity (Wildman–Crippen MR) is 73.4 cm³/mol. The van der Waals surface area contributed by atoms with Crippen LogP contribution in [-0.4, -0.2) is 37.6 Å². The van der Waals surface area contributed by atoms with Gasteiger partial charge in [0.1, 0.15) is 11.6 Å². The van der Waals surface area contributed by atoms with Gasteiger partial charge >= 0.3 is 0 Å². The number of piperidine rings is 1. The van der Waals surface area contributed by atoms with Crippen molar-refractivity contribution >= 4 is 27.5 Å². The van der Waals surface area contributed by atoms with E-state index in [4.69, 9.17) is 16.7 Å². The molecule has 1 fully saturated rings. The fraction of sp³-hybridized carbons (Fsp3) is 0.417. The molecule has 21 heavy (non-hydrogen) atoms. The summed E-state index contributed by atoms with van der Waals surface area (Å²) in [5, 5.41) is 3.75. The SMILES string of the molecule is NS(=O)(=O)C1CCCN(C(=O)c2cc(F)c(Cl)cc2F)C1. The fourth-order valence-corrected chi connectivity index (χ4v) is 3.28. The summed E-state index contributed by atoms with van der Waals surface area (Å²) in [7, 11) is -3.78. The van der Waals surface area contributed by atoms with Crippen molar-refractivity contribution < 1.29 is 22.0 Å². The molecule has 9 heteroatoms. The molecule has 1 heterocycles. The summed E-state index contributed by atoms with van der Waals surface area (Å²) in [5.74, 6) is -2.65. The number of nitrogens with two attached hydrogens (primary N) is 1. The Labute approximate surface area is 125 Å². The van der Waals surface area contributed by atoms with Gasteiger partial charge in [-0.25, -0.2) is 22.3 Å². The van der Waals surface area contributed by atoms with Gasteiger partial charge in [-0.3, -0.25) is 4.79 Å². The van der Waals surface area contributed by atoms with Crippen LogP contribution in [0, 0.1) is 11.6 Å². The fourth-order valence-electron chi connectivity index (χ4n) is 2.25. The Kier molecular flexibility index (Phi) is 4.50. The van der Waals surface area contributed by atoms with Crippen molar-refractivity contribution in [3.05, 3.63) is 34.4 Å². The first kappa shape index (κ1) is 16.1. The van der Waals surface area contributed by atoms with Gasteiger partial charge in [0.2, 0.25) is 10.0 Å². The van der Waals surface area contributed by atoms with E-state index < -0.39 is 43.4 Å². The van der Waals surface area contributed by atoms with Crippen LogP contribution in [0.2, 0.25) is 5.02 Å². The summed E-state index contributed by atoms with van der Waals surface area (Å²) >= 11 is 5.42. The molecule has 0 aliphatic carbocycles. The van der Waals surface area contributed by atoms with Crippen LogP contribution in [0.4, 0.5) is 8.78 Å². The number of likely N-dealkylation sites (tertiary alicyclic amines) is 1. The third-order valence-electron chi connectivity index (χ3n) is 3.37. The van der Waals surface area contributed by atoms with E-state index in [2.05, 4.69) is 0 Å². The van der Waals surface area contributed by atoms with Crippen LogP contribution in [0.3, 0.4) is 0 Å². The zero-order valence-corrected chi connectivity index (χ0v) is 12.4. The molecule has 1 aliphatic rings. The maximum Gasteiger partial charge on any atom is 0.256 e. The molecule has 0 spiro atoms. The average Bonchev–Trinajstić information content (AvgIpc) is 2.41. The lowest BCUT2D eigenvalue weighted by Crippen LogP contribution is -2.47. The van der Waals surface area contributed by atoms with Crippen molar-refractivity contribution in [3.8, 4) is 0 Å². The van der Waals surface area contributed by atoms with Gasteiger partial charge in [0, 0.05) is 13.1 Å². The summed E-state index contributed by atoms with van der Waals surface area (Å²) in [4.78, 5) is 13.4. The third-order valence-corrected chi connectivity index (χ3v) is 4.97. The van der Waals surface area contributed by atoms with Crippen molar-refractivity contribution in [3.63, 3.8) is 0 Å². The number of benzene rings is 1. The number of hydrogen-bond acceptors (Lipinski definition) is 3. The van der Waals surface area contributed by atoms with Crippen LogP contribution in [0.5, 0.6) is 0 Å². The normalized spacial score (nSPS) is 19.6. The maximum atomic E-state index is 13.7. The summed E-state index contributed by atoms with van der Waals surface area (Å²) < 4.78 is 49.8. The van der Waals surface area contributed by atoms with Crippen LogP contribution >= 0.6 is 11.6 Å². The first-order chi connectivity index (χ1) is 9.70. The summed E-state index contributed by atoms with van der Waals surface area (Å²) in [6, 6.07) is 1.42. The number of halogens is 3. The summed E-state index contributed by atoms with van der Waals surface area (Å²) in [5.41, 5.74) is -0.480. The van der Waals surface area contributed by atoms with Gasteiger partial charge in [-0.2, -0.15) is 0 Å². The highest BCUT2D eigenvalue weighted by atomic mass is 35.5. The molecule has 0 radical (unpaired) electrons. The van der Waals surface area contributed by atoms with Crippen molar-refractivity contribution in [1.29, 1.82) is 0 Å². The van der Waals surface area contributed by atoms with Crippen LogP contribution in [-0.2, 0) is 10.0 Å². The molecule has 1 atom stereocenters. The Bertz CT molecular complexity index is 681. The number of hydrogen-bond donors (Lipinski definition) is 1. The maximum absolute atomic E-state index is 13.7. The number of rotatable bonds is 2. The lowest BCUT2D eigenvalue weighted by Gasteiger charge is -2.31. The molecule has 1 amide bonds. The Hall–Kier alpha value is -1.25. The number of sulfonamides is 1. The van der Waals surface area contributed by atoms with E-state index in [9.17, 15) is 22.0 Å². The van der Waals surface area contributed by atoms with Gasteiger partial charge < -0.3 is 4.90 Å². The molecule has 1 saturated heterocycles. The van der Waals surface area contributed by atoms with Crippen molar-refractivity contribution in [2.24, 2.45) is 5.14 Å². The number of carbonyl (C=O) groups excluding carboxylic acids is 1. The van der Waals surface area contributed by atoms with E-state index in [-0.39, 0.29) is 13.1 Å². The monoisotopic (exact) mass is 338 g/mol. The second-order valence-corrected chi connectivity index (χ2v) is 7.10. The highest BCUT2D eigenvalue weighted by Crippen LogP contribution is 2.23. The Morgan fingerprint density at radius 2 is 2.00 bits per heavy atom. The molecular formula is C12H13ClF2N2O3S. The first-order valence-corrected chi connectivity index (χ1v) is 8.14. The summed E-state index contributed by atoms with van der Waals surface area (Å²) in [6.45, 7) is 0.121. The minimum atomic E-state index is -3.78.